The number of allylic oxidation sites excluding steroid dienone is 1. The quantitative estimate of drug-likeness (QED) is 0.469. The highest BCUT2D eigenvalue weighted by molar-refractivity contribution is 6.65. The van der Waals surface area contributed by atoms with Gasteiger partial charge in [0.2, 0.25) is 0 Å². The number of nitrogens with two attached hydrogens (primary N) is 1. The predicted octanol–water partition coefficient (Wildman–Crippen LogP) is 3.05. The van der Waals surface area contributed by atoms with Crippen LogP contribution in [0.2, 0.25) is 5.02 Å². The highest BCUT2D eigenvalue weighted by Crippen LogP contribution is 2.37. The molecule has 0 amide bonds. The third kappa shape index (κ3) is 4.31. The van der Waals surface area contributed by atoms with Crippen molar-refractivity contribution in [3.05, 3.63) is 35.0 Å². The fourth-order valence-corrected chi connectivity index (χ4v) is 2.94. The van der Waals surface area contributed by atoms with Crippen molar-refractivity contribution in [2.45, 2.75) is 45.8 Å². The molecule has 1 heterocycles. The average Bonchev–Trinajstić information content (AvgIpc) is 2.76. The molecule has 1 aliphatic heterocycles. The van der Waals surface area contributed by atoms with Crippen LogP contribution in [0.25, 0.3) is 5.57 Å². The van der Waals surface area contributed by atoms with Crippen LogP contribution in [-0.4, -0.2) is 44.3 Å². The number of aliphatic imine (C=N–C) groups is 1. The third-order valence-electron chi connectivity index (χ3n) is 5.02. The van der Waals surface area contributed by atoms with Crippen molar-refractivity contribution in [3.8, 4) is 0 Å². The molecule has 0 saturated carbocycles. The molecule has 1 aromatic carbocycles. The van der Waals surface area contributed by atoms with Crippen molar-refractivity contribution in [2.24, 2.45) is 10.7 Å². The first-order valence-corrected chi connectivity index (χ1v) is 9.08. The van der Waals surface area contributed by atoms with Crippen molar-refractivity contribution in [1.29, 1.82) is 0 Å². The minimum atomic E-state index is -0.497. The lowest BCUT2D eigenvalue weighted by Gasteiger charge is -2.32. The molecule has 26 heavy (non-hydrogen) atoms. The molecule has 0 aromatic heterocycles. The summed E-state index contributed by atoms with van der Waals surface area (Å²) in [6.07, 6.45) is 1.55. The lowest BCUT2D eigenvalue weighted by molar-refractivity contribution is 0.00578. The Labute approximate surface area is 161 Å². The zero-order chi connectivity index (χ0) is 19.5. The first kappa shape index (κ1) is 21.0. The van der Waals surface area contributed by atoms with Crippen LogP contribution in [0.1, 0.15) is 40.2 Å². The zero-order valence-corrected chi connectivity index (χ0v) is 17.2. The molecule has 2 rings (SSSR count). The van der Waals surface area contributed by atoms with Crippen LogP contribution in [-0.2, 0) is 14.0 Å². The Hall–Kier alpha value is -1.34. The van der Waals surface area contributed by atoms with Crippen LogP contribution < -0.4 is 11.2 Å². The van der Waals surface area contributed by atoms with Crippen LogP contribution in [0.4, 0.5) is 0 Å². The van der Waals surface area contributed by atoms with Crippen LogP contribution in [0.15, 0.2) is 29.4 Å². The summed E-state index contributed by atoms with van der Waals surface area (Å²) in [6, 6.07) is 5.75. The second-order valence-electron chi connectivity index (χ2n) is 7.36. The fourth-order valence-electron chi connectivity index (χ4n) is 2.67. The highest BCUT2D eigenvalue weighted by atomic mass is 35.5. The minimum Gasteiger partial charge on any atom is -0.404 e. The first-order valence-electron chi connectivity index (χ1n) is 8.70. The monoisotopic (exact) mass is 378 g/mol. The van der Waals surface area contributed by atoms with Gasteiger partial charge in [0.05, 0.1) is 24.4 Å². The summed E-state index contributed by atoms with van der Waals surface area (Å²) in [5, 5.41) is 0.574. The van der Waals surface area contributed by atoms with Gasteiger partial charge in [0, 0.05) is 35.1 Å². The molecule has 0 aliphatic carbocycles. The Morgan fingerprint density at radius 2 is 1.88 bits per heavy atom. The number of rotatable bonds is 6. The Bertz CT molecular complexity index is 701. The Kier molecular flexibility index (Phi) is 6.56. The maximum atomic E-state index is 6.54. The van der Waals surface area contributed by atoms with Gasteiger partial charge in [-0.2, -0.15) is 0 Å². The van der Waals surface area contributed by atoms with E-state index >= 15 is 0 Å². The van der Waals surface area contributed by atoms with E-state index in [1.54, 1.807) is 13.3 Å². The summed E-state index contributed by atoms with van der Waals surface area (Å²) in [5.41, 5.74) is 8.38. The second-order valence-corrected chi connectivity index (χ2v) is 7.77. The molecule has 0 radical (unpaired) electrons. The van der Waals surface area contributed by atoms with Crippen LogP contribution in [0.3, 0.4) is 0 Å². The molecule has 0 atom stereocenters. The molecule has 0 unspecified atom stereocenters. The van der Waals surface area contributed by atoms with Gasteiger partial charge in [0.1, 0.15) is 0 Å². The standard InChI is InChI=1S/C19H28BClN2O3/c1-13(23-9-10-24-6)15(12-22)14-7-8-16(17(21)11-14)20-25-18(2,3)19(4,5)26-20/h7-8,11-12H,9-10,22H2,1-6H3/b15-12+,23-13?. The topological polar surface area (TPSA) is 66.1 Å². The Balaban J connectivity index is 2.26. The maximum absolute atomic E-state index is 6.54. The molecule has 1 saturated heterocycles. The first-order chi connectivity index (χ1) is 12.1. The van der Waals surface area contributed by atoms with Crippen molar-refractivity contribution in [1.82, 2.24) is 0 Å². The fraction of sp³-hybridized carbons (Fsp3) is 0.526. The number of ether oxygens (including phenoxy) is 1. The van der Waals surface area contributed by atoms with E-state index in [-0.39, 0.29) is 0 Å². The second kappa shape index (κ2) is 8.13. The van der Waals surface area contributed by atoms with Gasteiger partial charge in [-0.25, -0.2) is 0 Å². The van der Waals surface area contributed by atoms with E-state index in [1.807, 2.05) is 52.8 Å². The minimum absolute atomic E-state index is 0.410. The van der Waals surface area contributed by atoms with Crippen molar-refractivity contribution >= 4 is 35.5 Å². The van der Waals surface area contributed by atoms with Gasteiger partial charge >= 0.3 is 7.12 Å². The molecule has 0 bridgehead atoms. The number of hydrogen-bond donors (Lipinski definition) is 1. The van der Waals surface area contributed by atoms with E-state index in [9.17, 15) is 0 Å². The summed E-state index contributed by atoms with van der Waals surface area (Å²) in [5.74, 6) is 0. The van der Waals surface area contributed by atoms with E-state index in [1.165, 1.54) is 0 Å². The van der Waals surface area contributed by atoms with E-state index in [2.05, 4.69) is 4.99 Å². The van der Waals surface area contributed by atoms with Gasteiger partial charge in [0.15, 0.2) is 0 Å². The molecular weight excluding hydrogens is 350 g/mol. The average molecular weight is 379 g/mol. The van der Waals surface area contributed by atoms with Crippen molar-refractivity contribution in [3.63, 3.8) is 0 Å². The van der Waals surface area contributed by atoms with Crippen molar-refractivity contribution in [2.75, 3.05) is 20.3 Å². The van der Waals surface area contributed by atoms with Gasteiger partial charge in [-0.15, -0.1) is 0 Å². The van der Waals surface area contributed by atoms with Gasteiger partial charge in [-0.05, 0) is 46.2 Å². The molecule has 2 N–H and O–H groups in total. The van der Waals surface area contributed by atoms with Crippen LogP contribution >= 0.6 is 11.6 Å². The SMILES string of the molecule is COCCN=C(C)/C(=C\N)c1ccc(B2OC(C)(C)C(C)(C)O2)c(Cl)c1. The van der Waals surface area contributed by atoms with E-state index in [0.29, 0.717) is 18.2 Å². The Morgan fingerprint density at radius 3 is 2.38 bits per heavy atom. The maximum Gasteiger partial charge on any atom is 0.496 e. The number of nitrogens with zero attached hydrogens (tertiary/aromatic N) is 1. The smallest absolute Gasteiger partial charge is 0.404 e. The third-order valence-corrected chi connectivity index (χ3v) is 5.35. The highest BCUT2D eigenvalue weighted by Gasteiger charge is 2.52. The van der Waals surface area contributed by atoms with Gasteiger partial charge in [0.25, 0.3) is 0 Å². The number of benzene rings is 1. The van der Waals surface area contributed by atoms with Gasteiger partial charge in [-0.1, -0.05) is 23.7 Å². The van der Waals surface area contributed by atoms with Gasteiger partial charge in [-0.3, -0.25) is 4.99 Å². The molecule has 1 aromatic rings. The number of halogens is 1. The normalized spacial score (nSPS) is 19.9. The predicted molar refractivity (Wildman–Crippen MR) is 109 cm³/mol. The van der Waals surface area contributed by atoms with Crippen LogP contribution in [0, 0.1) is 0 Å². The largest absolute Gasteiger partial charge is 0.496 e. The van der Waals surface area contributed by atoms with E-state index in [0.717, 1.165) is 22.3 Å². The summed E-state index contributed by atoms with van der Waals surface area (Å²) in [4.78, 5) is 4.48. The lowest BCUT2D eigenvalue weighted by Crippen LogP contribution is -2.41. The Morgan fingerprint density at radius 1 is 1.27 bits per heavy atom. The van der Waals surface area contributed by atoms with E-state index < -0.39 is 18.3 Å². The van der Waals surface area contributed by atoms with Gasteiger partial charge < -0.3 is 19.8 Å². The molecule has 5 nitrogen and oxygen atoms in total. The summed E-state index contributed by atoms with van der Waals surface area (Å²) in [6.45, 7) is 11.1. The number of hydrogen-bond acceptors (Lipinski definition) is 5. The lowest BCUT2D eigenvalue weighted by atomic mass is 9.78. The molecule has 1 aliphatic rings. The summed E-state index contributed by atoms with van der Waals surface area (Å²) >= 11 is 6.54. The molecule has 142 valence electrons. The summed E-state index contributed by atoms with van der Waals surface area (Å²) in [7, 11) is 1.15. The molecule has 7 heteroatoms. The van der Waals surface area contributed by atoms with Crippen molar-refractivity contribution < 1.29 is 14.0 Å². The summed E-state index contributed by atoms with van der Waals surface area (Å²) < 4.78 is 17.2. The zero-order valence-electron chi connectivity index (χ0n) is 16.4. The molecular formula is C19H28BClN2O3. The molecule has 1 fully saturated rings. The van der Waals surface area contributed by atoms with Crippen LogP contribution in [0.5, 0.6) is 0 Å². The molecule has 0 spiro atoms. The van der Waals surface area contributed by atoms with E-state index in [4.69, 9.17) is 31.4 Å². The number of methoxy groups -OCH3 is 1.